The molecule has 0 N–H and O–H groups in total. The third-order valence-corrected chi connectivity index (χ3v) is 3.61. The second-order valence-corrected chi connectivity index (χ2v) is 4.45. The molecular formula is C9H13BrO3. The first kappa shape index (κ1) is 10.7. The summed E-state index contributed by atoms with van der Waals surface area (Å²) in [5, 5.41) is 0. The van der Waals surface area contributed by atoms with E-state index in [9.17, 15) is 9.59 Å². The van der Waals surface area contributed by atoms with Crippen molar-refractivity contribution < 1.29 is 14.3 Å². The van der Waals surface area contributed by atoms with Crippen LogP contribution in [0.4, 0.5) is 0 Å². The first-order valence-electron chi connectivity index (χ1n) is 4.40. The molecule has 0 aromatic carbocycles. The fourth-order valence-corrected chi connectivity index (χ4v) is 2.11. The summed E-state index contributed by atoms with van der Waals surface area (Å²) in [4.78, 5) is 21.7. The number of ether oxygens (including phenoxy) is 1. The van der Waals surface area contributed by atoms with E-state index in [0.717, 1.165) is 12.7 Å². The molecule has 0 saturated heterocycles. The molecule has 2 unspecified atom stereocenters. The summed E-state index contributed by atoms with van der Waals surface area (Å²) in [5.41, 5.74) is -0.256. The van der Waals surface area contributed by atoms with E-state index < -0.39 is 0 Å². The smallest absolute Gasteiger partial charge is 0.305 e. The van der Waals surface area contributed by atoms with Crippen LogP contribution in [0.25, 0.3) is 0 Å². The van der Waals surface area contributed by atoms with E-state index >= 15 is 0 Å². The number of aldehydes is 1. The van der Waals surface area contributed by atoms with Crippen LogP contribution in [0.5, 0.6) is 0 Å². The fourth-order valence-electron chi connectivity index (χ4n) is 1.17. The van der Waals surface area contributed by atoms with Gasteiger partial charge in [0, 0.05) is 16.7 Å². The second-order valence-electron chi connectivity index (χ2n) is 3.35. The van der Waals surface area contributed by atoms with Gasteiger partial charge >= 0.3 is 5.97 Å². The molecule has 0 spiro atoms. The van der Waals surface area contributed by atoms with Crippen molar-refractivity contribution in [2.45, 2.75) is 31.0 Å². The number of carbonyl (C=O) groups excluding carboxylic acids is 2. The van der Waals surface area contributed by atoms with E-state index in [1.54, 1.807) is 6.92 Å². The van der Waals surface area contributed by atoms with Gasteiger partial charge in [-0.15, -0.1) is 0 Å². The standard InChI is InChI=1S/C9H13BrO3/c1-2-8(12)13-4-3-9(6-11)5-7(9)10/h6-7H,2-5H2,1H3. The van der Waals surface area contributed by atoms with Crippen molar-refractivity contribution in [1.29, 1.82) is 0 Å². The lowest BCUT2D eigenvalue weighted by Gasteiger charge is -2.07. The Morgan fingerprint density at radius 2 is 2.38 bits per heavy atom. The van der Waals surface area contributed by atoms with Crippen LogP contribution < -0.4 is 0 Å². The van der Waals surface area contributed by atoms with E-state index in [2.05, 4.69) is 15.9 Å². The predicted molar refractivity (Wildman–Crippen MR) is 51.7 cm³/mol. The van der Waals surface area contributed by atoms with Gasteiger partial charge in [-0.05, 0) is 12.8 Å². The molecule has 0 amide bonds. The van der Waals surface area contributed by atoms with Crippen LogP contribution in [-0.4, -0.2) is 23.7 Å². The number of alkyl halides is 1. The van der Waals surface area contributed by atoms with Crippen molar-refractivity contribution in [2.24, 2.45) is 5.41 Å². The molecule has 0 heterocycles. The average Bonchev–Trinajstić information content (AvgIpc) is 2.77. The Balaban J connectivity index is 2.19. The van der Waals surface area contributed by atoms with E-state index in [0.29, 0.717) is 19.4 Å². The Bertz CT molecular complexity index is 217. The van der Waals surface area contributed by atoms with Crippen LogP contribution >= 0.6 is 15.9 Å². The SMILES string of the molecule is CCC(=O)OCCC1(C=O)CC1Br. The maximum absolute atomic E-state index is 10.8. The molecule has 3 nitrogen and oxygen atoms in total. The van der Waals surface area contributed by atoms with E-state index in [1.165, 1.54) is 0 Å². The summed E-state index contributed by atoms with van der Waals surface area (Å²) < 4.78 is 4.90. The van der Waals surface area contributed by atoms with Gasteiger partial charge in [0.15, 0.2) is 0 Å². The highest BCUT2D eigenvalue weighted by Gasteiger charge is 2.52. The van der Waals surface area contributed by atoms with Crippen molar-refractivity contribution in [3.05, 3.63) is 0 Å². The third-order valence-electron chi connectivity index (χ3n) is 2.38. The molecule has 1 saturated carbocycles. The van der Waals surface area contributed by atoms with Crippen molar-refractivity contribution >= 4 is 28.2 Å². The minimum absolute atomic E-state index is 0.201. The molecule has 1 rings (SSSR count). The molecular weight excluding hydrogens is 236 g/mol. The van der Waals surface area contributed by atoms with Gasteiger partial charge in [0.2, 0.25) is 0 Å². The third kappa shape index (κ3) is 2.53. The maximum Gasteiger partial charge on any atom is 0.305 e. The van der Waals surface area contributed by atoms with Crippen LogP contribution in [0, 0.1) is 5.41 Å². The number of rotatable bonds is 5. The quantitative estimate of drug-likeness (QED) is 0.423. The molecule has 13 heavy (non-hydrogen) atoms. The lowest BCUT2D eigenvalue weighted by atomic mass is 10.1. The summed E-state index contributed by atoms with van der Waals surface area (Å²) >= 11 is 3.38. The Morgan fingerprint density at radius 3 is 2.77 bits per heavy atom. The van der Waals surface area contributed by atoms with Gasteiger partial charge in [0.05, 0.1) is 6.61 Å². The van der Waals surface area contributed by atoms with Crippen LogP contribution in [0.3, 0.4) is 0 Å². The van der Waals surface area contributed by atoms with Crippen LogP contribution in [-0.2, 0) is 14.3 Å². The van der Waals surface area contributed by atoms with Gasteiger partial charge in [-0.1, -0.05) is 22.9 Å². The Kier molecular flexibility index (Phi) is 3.47. The fraction of sp³-hybridized carbons (Fsp3) is 0.778. The highest BCUT2D eigenvalue weighted by Crippen LogP contribution is 2.52. The van der Waals surface area contributed by atoms with E-state index in [-0.39, 0.29) is 16.2 Å². The van der Waals surface area contributed by atoms with E-state index in [1.807, 2.05) is 0 Å². The predicted octanol–water partition coefficient (Wildman–Crippen LogP) is 1.68. The van der Waals surface area contributed by atoms with Crippen molar-refractivity contribution in [3.63, 3.8) is 0 Å². The zero-order valence-corrected chi connectivity index (χ0v) is 9.17. The molecule has 1 aliphatic carbocycles. The molecule has 0 bridgehead atoms. The van der Waals surface area contributed by atoms with Crippen molar-refractivity contribution in [3.8, 4) is 0 Å². The highest BCUT2D eigenvalue weighted by molar-refractivity contribution is 9.09. The van der Waals surface area contributed by atoms with Gasteiger partial charge in [0.1, 0.15) is 6.29 Å². The van der Waals surface area contributed by atoms with Gasteiger partial charge in [-0.3, -0.25) is 4.79 Å². The van der Waals surface area contributed by atoms with Crippen LogP contribution in [0.15, 0.2) is 0 Å². The highest BCUT2D eigenvalue weighted by atomic mass is 79.9. The largest absolute Gasteiger partial charge is 0.466 e. The minimum atomic E-state index is -0.256. The molecule has 1 aliphatic rings. The molecule has 4 heteroatoms. The number of hydrogen-bond donors (Lipinski definition) is 0. The zero-order chi connectivity index (χ0) is 9.90. The van der Waals surface area contributed by atoms with Crippen LogP contribution in [0.1, 0.15) is 26.2 Å². The Morgan fingerprint density at radius 1 is 1.77 bits per heavy atom. The summed E-state index contributed by atoms with van der Waals surface area (Å²) in [7, 11) is 0. The zero-order valence-electron chi connectivity index (χ0n) is 7.59. The normalized spacial score (nSPS) is 31.1. The first-order valence-corrected chi connectivity index (χ1v) is 5.32. The summed E-state index contributed by atoms with van der Waals surface area (Å²) in [6.45, 7) is 2.11. The molecule has 0 radical (unpaired) electrons. The molecule has 1 fully saturated rings. The average molecular weight is 249 g/mol. The lowest BCUT2D eigenvalue weighted by molar-refractivity contribution is -0.144. The maximum atomic E-state index is 10.8. The topological polar surface area (TPSA) is 43.4 Å². The number of carbonyl (C=O) groups is 2. The Labute approximate surface area is 86.0 Å². The Hall–Kier alpha value is -0.380. The molecule has 0 aromatic rings. The van der Waals surface area contributed by atoms with Gasteiger partial charge in [-0.2, -0.15) is 0 Å². The molecule has 2 atom stereocenters. The minimum Gasteiger partial charge on any atom is -0.466 e. The molecule has 0 aliphatic heterocycles. The summed E-state index contributed by atoms with van der Waals surface area (Å²) in [6, 6.07) is 0. The first-order chi connectivity index (χ1) is 6.14. The number of halogens is 1. The van der Waals surface area contributed by atoms with Crippen molar-refractivity contribution in [1.82, 2.24) is 0 Å². The number of hydrogen-bond acceptors (Lipinski definition) is 3. The molecule has 74 valence electrons. The monoisotopic (exact) mass is 248 g/mol. The molecule has 0 aromatic heterocycles. The van der Waals surface area contributed by atoms with Gasteiger partial charge < -0.3 is 9.53 Å². The second kappa shape index (κ2) is 4.22. The number of esters is 1. The van der Waals surface area contributed by atoms with Crippen molar-refractivity contribution in [2.75, 3.05) is 6.61 Å². The summed E-state index contributed by atoms with van der Waals surface area (Å²) in [6.07, 6.45) is 2.86. The van der Waals surface area contributed by atoms with E-state index in [4.69, 9.17) is 4.74 Å². The lowest BCUT2D eigenvalue weighted by Crippen LogP contribution is -2.12. The van der Waals surface area contributed by atoms with Gasteiger partial charge in [-0.25, -0.2) is 0 Å². The van der Waals surface area contributed by atoms with Gasteiger partial charge in [0.25, 0.3) is 0 Å². The van der Waals surface area contributed by atoms with Crippen LogP contribution in [0.2, 0.25) is 0 Å². The summed E-state index contributed by atoms with van der Waals surface area (Å²) in [5.74, 6) is -0.201.